The van der Waals surface area contributed by atoms with Crippen molar-refractivity contribution >= 4 is 5.91 Å². The van der Waals surface area contributed by atoms with Crippen LogP contribution in [0.4, 0.5) is 0 Å². The first-order valence-corrected chi connectivity index (χ1v) is 6.90. The van der Waals surface area contributed by atoms with E-state index < -0.39 is 0 Å². The lowest BCUT2D eigenvalue weighted by Crippen LogP contribution is -2.34. The van der Waals surface area contributed by atoms with Crippen LogP contribution in [0.1, 0.15) is 36.3 Å². The van der Waals surface area contributed by atoms with Gasteiger partial charge in [0.2, 0.25) is 5.91 Å². The molecule has 1 amide bonds. The minimum absolute atomic E-state index is 0.00926. The normalized spacial score (nSPS) is 12.3. The maximum Gasteiger partial charge on any atom is 0.244 e. The van der Waals surface area contributed by atoms with Crippen LogP contribution < -0.4 is 5.32 Å². The van der Waals surface area contributed by atoms with Crippen LogP contribution in [0.5, 0.6) is 0 Å². The van der Waals surface area contributed by atoms with Crippen molar-refractivity contribution < 1.29 is 4.79 Å². The summed E-state index contributed by atoms with van der Waals surface area (Å²) in [6.45, 7) is 6.56. The quantitative estimate of drug-likeness (QED) is 0.839. The van der Waals surface area contributed by atoms with E-state index in [1.54, 1.807) is 10.9 Å². The zero-order valence-corrected chi connectivity index (χ0v) is 12.2. The van der Waals surface area contributed by atoms with Crippen molar-refractivity contribution in [1.82, 2.24) is 25.3 Å². The Morgan fingerprint density at radius 2 is 2.30 bits per heavy atom. The molecule has 0 bridgehead atoms. The molecular formula is C14H21N5O. The molecule has 0 spiro atoms. The van der Waals surface area contributed by atoms with Crippen LogP contribution in [0.15, 0.2) is 18.5 Å². The maximum absolute atomic E-state index is 12.2. The Balaban J connectivity index is 1.89. The second kappa shape index (κ2) is 6.36. The molecule has 108 valence electrons. The number of hydrogen-bond donors (Lipinski definition) is 2. The van der Waals surface area contributed by atoms with Gasteiger partial charge in [-0.05, 0) is 38.3 Å². The molecule has 6 heteroatoms. The minimum Gasteiger partial charge on any atom is -0.354 e. The highest BCUT2D eigenvalue weighted by Crippen LogP contribution is 2.11. The standard InChI is InChI=1S/C14H21N5O/c1-4-13(19-9-5-7-16-19)14(20)15-8-6-12-10(2)17-18-11(12)3/h5,7,9,13H,4,6,8H2,1-3H3,(H,15,20)(H,17,18)/t13-/m1/s1. The van der Waals surface area contributed by atoms with E-state index in [9.17, 15) is 4.79 Å². The van der Waals surface area contributed by atoms with E-state index in [1.807, 2.05) is 33.0 Å². The second-order valence-electron chi connectivity index (χ2n) is 4.86. The van der Waals surface area contributed by atoms with Gasteiger partial charge >= 0.3 is 0 Å². The summed E-state index contributed by atoms with van der Waals surface area (Å²) in [6.07, 6.45) is 5.01. The number of carbonyl (C=O) groups excluding carboxylic acids is 1. The first kappa shape index (κ1) is 14.3. The number of aryl methyl sites for hydroxylation is 2. The molecule has 0 aromatic carbocycles. The fourth-order valence-electron chi connectivity index (χ4n) is 2.33. The summed E-state index contributed by atoms with van der Waals surface area (Å²) < 4.78 is 1.70. The topological polar surface area (TPSA) is 75.6 Å². The number of amides is 1. The first-order valence-electron chi connectivity index (χ1n) is 6.90. The highest BCUT2D eigenvalue weighted by atomic mass is 16.2. The van der Waals surface area contributed by atoms with Crippen LogP contribution in [-0.4, -0.2) is 32.4 Å². The molecule has 2 rings (SSSR count). The third-order valence-electron chi connectivity index (χ3n) is 3.49. The van der Waals surface area contributed by atoms with Crippen molar-refractivity contribution in [1.29, 1.82) is 0 Å². The van der Waals surface area contributed by atoms with Crippen LogP contribution >= 0.6 is 0 Å². The Morgan fingerprint density at radius 1 is 1.50 bits per heavy atom. The lowest BCUT2D eigenvalue weighted by molar-refractivity contribution is -0.124. The van der Waals surface area contributed by atoms with Crippen molar-refractivity contribution in [2.24, 2.45) is 0 Å². The average Bonchev–Trinajstić information content (AvgIpc) is 3.04. The molecule has 0 saturated carbocycles. The second-order valence-corrected chi connectivity index (χ2v) is 4.86. The smallest absolute Gasteiger partial charge is 0.244 e. The zero-order valence-electron chi connectivity index (χ0n) is 12.2. The molecule has 2 heterocycles. The molecule has 0 aliphatic rings. The Hall–Kier alpha value is -2.11. The molecular weight excluding hydrogens is 254 g/mol. The maximum atomic E-state index is 12.2. The van der Waals surface area contributed by atoms with E-state index in [1.165, 1.54) is 5.56 Å². The number of hydrogen-bond acceptors (Lipinski definition) is 3. The molecule has 0 aliphatic carbocycles. The fraction of sp³-hybridized carbons (Fsp3) is 0.500. The zero-order chi connectivity index (χ0) is 14.5. The molecule has 0 aliphatic heterocycles. The van der Waals surface area contributed by atoms with E-state index in [4.69, 9.17) is 0 Å². The van der Waals surface area contributed by atoms with Gasteiger partial charge in [-0.25, -0.2) is 0 Å². The van der Waals surface area contributed by atoms with Crippen molar-refractivity contribution in [3.8, 4) is 0 Å². The van der Waals surface area contributed by atoms with E-state index in [2.05, 4.69) is 20.6 Å². The largest absolute Gasteiger partial charge is 0.354 e. The number of nitrogens with zero attached hydrogens (tertiary/aromatic N) is 3. The summed E-state index contributed by atoms with van der Waals surface area (Å²) in [7, 11) is 0. The Bertz CT molecular complexity index is 539. The summed E-state index contributed by atoms with van der Waals surface area (Å²) in [6, 6.07) is 1.59. The molecule has 2 aromatic heterocycles. The van der Waals surface area contributed by atoms with Gasteiger partial charge in [-0.1, -0.05) is 6.92 Å². The van der Waals surface area contributed by atoms with Crippen LogP contribution in [0.2, 0.25) is 0 Å². The number of aromatic amines is 1. The first-order chi connectivity index (χ1) is 9.63. The molecule has 2 aromatic rings. The molecule has 0 unspecified atom stereocenters. The third kappa shape index (κ3) is 3.07. The van der Waals surface area contributed by atoms with Gasteiger partial charge in [0.15, 0.2) is 0 Å². The number of H-pyrrole nitrogens is 1. The van der Waals surface area contributed by atoms with Gasteiger partial charge in [-0.15, -0.1) is 0 Å². The number of rotatable bonds is 6. The van der Waals surface area contributed by atoms with Crippen molar-refractivity contribution in [3.05, 3.63) is 35.4 Å². The molecule has 0 fully saturated rings. The van der Waals surface area contributed by atoms with E-state index in [-0.39, 0.29) is 11.9 Å². The van der Waals surface area contributed by atoms with Crippen molar-refractivity contribution in [2.45, 2.75) is 39.7 Å². The number of aromatic nitrogens is 4. The molecule has 20 heavy (non-hydrogen) atoms. The minimum atomic E-state index is -0.239. The predicted octanol–water partition coefficient (Wildman–Crippen LogP) is 1.53. The summed E-state index contributed by atoms with van der Waals surface area (Å²) in [5.41, 5.74) is 3.24. The van der Waals surface area contributed by atoms with Crippen molar-refractivity contribution in [2.75, 3.05) is 6.54 Å². The monoisotopic (exact) mass is 275 g/mol. The van der Waals surface area contributed by atoms with Gasteiger partial charge in [-0.3, -0.25) is 14.6 Å². The van der Waals surface area contributed by atoms with Gasteiger partial charge in [0, 0.05) is 24.6 Å². The lowest BCUT2D eigenvalue weighted by Gasteiger charge is -2.15. The highest BCUT2D eigenvalue weighted by Gasteiger charge is 2.18. The summed E-state index contributed by atoms with van der Waals surface area (Å²) in [5, 5.41) is 14.2. The average molecular weight is 275 g/mol. The summed E-state index contributed by atoms with van der Waals surface area (Å²) in [4.78, 5) is 12.2. The van der Waals surface area contributed by atoms with Gasteiger partial charge in [0.05, 0.1) is 5.69 Å². The Morgan fingerprint density at radius 3 is 2.85 bits per heavy atom. The van der Waals surface area contributed by atoms with Gasteiger partial charge in [0.25, 0.3) is 0 Å². The van der Waals surface area contributed by atoms with Crippen LogP contribution in [-0.2, 0) is 11.2 Å². The van der Waals surface area contributed by atoms with Gasteiger partial charge in [0.1, 0.15) is 6.04 Å². The molecule has 0 saturated heterocycles. The van der Waals surface area contributed by atoms with E-state index in [0.29, 0.717) is 6.54 Å². The van der Waals surface area contributed by atoms with Crippen LogP contribution in [0.25, 0.3) is 0 Å². The third-order valence-corrected chi connectivity index (χ3v) is 3.49. The number of nitrogens with one attached hydrogen (secondary N) is 2. The number of carbonyl (C=O) groups is 1. The molecule has 1 atom stereocenters. The molecule has 6 nitrogen and oxygen atoms in total. The van der Waals surface area contributed by atoms with E-state index >= 15 is 0 Å². The molecule has 2 N–H and O–H groups in total. The molecule has 0 radical (unpaired) electrons. The van der Waals surface area contributed by atoms with Gasteiger partial charge in [-0.2, -0.15) is 10.2 Å². The Kier molecular flexibility index (Phi) is 4.55. The van der Waals surface area contributed by atoms with Crippen molar-refractivity contribution in [3.63, 3.8) is 0 Å². The fourth-order valence-corrected chi connectivity index (χ4v) is 2.33. The Labute approximate surface area is 118 Å². The van der Waals surface area contributed by atoms with Crippen LogP contribution in [0, 0.1) is 13.8 Å². The van der Waals surface area contributed by atoms with Gasteiger partial charge < -0.3 is 5.32 Å². The summed E-state index contributed by atoms with van der Waals surface area (Å²) >= 11 is 0. The predicted molar refractivity (Wildman–Crippen MR) is 76.3 cm³/mol. The van der Waals surface area contributed by atoms with Crippen LogP contribution in [0.3, 0.4) is 0 Å². The van der Waals surface area contributed by atoms with E-state index in [0.717, 1.165) is 24.2 Å². The summed E-state index contributed by atoms with van der Waals surface area (Å²) in [5.74, 6) is 0.00926. The lowest BCUT2D eigenvalue weighted by atomic mass is 10.1. The SMILES string of the molecule is CC[C@H](C(=O)NCCc1c(C)n[nH]c1C)n1cccn1. The highest BCUT2D eigenvalue weighted by molar-refractivity contribution is 5.80.